The number of rotatable bonds is 9. The predicted molar refractivity (Wildman–Crippen MR) is 125 cm³/mol. The molecule has 0 bridgehead atoms. The molecule has 0 spiro atoms. The van der Waals surface area contributed by atoms with E-state index in [2.05, 4.69) is 26.5 Å². The topological polar surface area (TPSA) is 123 Å². The van der Waals surface area contributed by atoms with Crippen molar-refractivity contribution in [1.82, 2.24) is 25.1 Å². The normalized spacial score (nSPS) is 10.3. The van der Waals surface area contributed by atoms with Crippen LogP contribution in [0.4, 0.5) is 0 Å². The van der Waals surface area contributed by atoms with Gasteiger partial charge in [-0.1, -0.05) is 30.3 Å². The number of hydrogen-bond donors (Lipinski definition) is 1. The lowest BCUT2D eigenvalue weighted by Crippen LogP contribution is -2.22. The SMILES string of the molecule is N#Cc1cccc(-c2ccc(=O)n(Cc3cccc(-c4ncc(OCCNC=O)cn4)c3)n2)c1. The Bertz CT molecular complexity index is 1390. The number of aromatic nitrogens is 4. The molecule has 168 valence electrons. The molecule has 9 heteroatoms. The third kappa shape index (κ3) is 5.49. The summed E-state index contributed by atoms with van der Waals surface area (Å²) in [6.07, 6.45) is 3.75. The molecular weight excluding hydrogens is 432 g/mol. The number of amides is 1. The van der Waals surface area contributed by atoms with Gasteiger partial charge < -0.3 is 10.1 Å². The van der Waals surface area contributed by atoms with Crippen molar-refractivity contribution in [1.29, 1.82) is 5.26 Å². The van der Waals surface area contributed by atoms with Crippen LogP contribution in [0.25, 0.3) is 22.6 Å². The van der Waals surface area contributed by atoms with Crippen molar-refractivity contribution in [3.63, 3.8) is 0 Å². The minimum Gasteiger partial charge on any atom is -0.489 e. The first-order valence-electron chi connectivity index (χ1n) is 10.5. The van der Waals surface area contributed by atoms with E-state index in [0.717, 1.165) is 16.7 Å². The number of ether oxygens (including phenoxy) is 1. The maximum Gasteiger partial charge on any atom is 0.267 e. The fourth-order valence-electron chi connectivity index (χ4n) is 3.27. The fourth-order valence-corrected chi connectivity index (χ4v) is 3.27. The highest BCUT2D eigenvalue weighted by Gasteiger charge is 2.08. The highest BCUT2D eigenvalue weighted by atomic mass is 16.5. The number of nitrogens with zero attached hydrogens (tertiary/aromatic N) is 5. The quantitative estimate of drug-likeness (QED) is 0.306. The number of nitriles is 1. The van der Waals surface area contributed by atoms with Crippen LogP contribution in [0, 0.1) is 11.3 Å². The predicted octanol–water partition coefficient (Wildman–Crippen LogP) is 2.41. The highest BCUT2D eigenvalue weighted by molar-refractivity contribution is 5.60. The maximum atomic E-state index is 12.4. The Morgan fingerprint density at radius 3 is 2.62 bits per heavy atom. The second-order valence-electron chi connectivity index (χ2n) is 7.27. The number of nitrogens with one attached hydrogen (secondary N) is 1. The summed E-state index contributed by atoms with van der Waals surface area (Å²) in [6, 6.07) is 19.9. The lowest BCUT2D eigenvalue weighted by Gasteiger charge is -2.09. The number of hydrogen-bond acceptors (Lipinski definition) is 7. The summed E-state index contributed by atoms with van der Waals surface area (Å²) in [5, 5.41) is 16.1. The maximum absolute atomic E-state index is 12.4. The summed E-state index contributed by atoms with van der Waals surface area (Å²) >= 11 is 0. The molecular formula is C25H20N6O3. The van der Waals surface area contributed by atoms with Gasteiger partial charge in [0.25, 0.3) is 5.56 Å². The van der Waals surface area contributed by atoms with Gasteiger partial charge in [-0.3, -0.25) is 9.59 Å². The molecule has 1 N–H and O–H groups in total. The van der Waals surface area contributed by atoms with Gasteiger partial charge >= 0.3 is 0 Å². The van der Waals surface area contributed by atoms with Crippen LogP contribution in [0.15, 0.2) is 77.9 Å². The van der Waals surface area contributed by atoms with Crippen molar-refractivity contribution in [3.05, 3.63) is 94.5 Å². The van der Waals surface area contributed by atoms with E-state index >= 15 is 0 Å². The standard InChI is InChI=1S/C25H20N6O3/c26-13-18-3-1-5-20(11-18)23-7-8-24(33)31(30-23)16-19-4-2-6-21(12-19)25-28-14-22(15-29-25)34-10-9-27-17-32/h1-8,11-12,14-15,17H,9-10,16H2,(H,27,32). The molecule has 0 saturated carbocycles. The highest BCUT2D eigenvalue weighted by Crippen LogP contribution is 2.19. The Balaban J connectivity index is 1.52. The average molecular weight is 452 g/mol. The molecule has 4 rings (SSSR count). The minimum atomic E-state index is -0.229. The van der Waals surface area contributed by atoms with Gasteiger partial charge in [0.2, 0.25) is 6.41 Å². The van der Waals surface area contributed by atoms with Crippen LogP contribution in [-0.2, 0) is 11.3 Å². The molecule has 0 fully saturated rings. The van der Waals surface area contributed by atoms with E-state index < -0.39 is 0 Å². The van der Waals surface area contributed by atoms with Gasteiger partial charge in [0.1, 0.15) is 6.61 Å². The van der Waals surface area contributed by atoms with Gasteiger partial charge in [0.05, 0.1) is 42.8 Å². The van der Waals surface area contributed by atoms with Crippen molar-refractivity contribution in [2.24, 2.45) is 0 Å². The molecule has 0 radical (unpaired) electrons. The van der Waals surface area contributed by atoms with Crippen molar-refractivity contribution in [2.75, 3.05) is 13.2 Å². The van der Waals surface area contributed by atoms with Gasteiger partial charge in [-0.2, -0.15) is 10.4 Å². The van der Waals surface area contributed by atoms with Gasteiger partial charge in [0.15, 0.2) is 11.6 Å². The summed E-state index contributed by atoms with van der Waals surface area (Å²) in [5.41, 5.74) is 3.32. The van der Waals surface area contributed by atoms with E-state index in [0.29, 0.717) is 42.4 Å². The van der Waals surface area contributed by atoms with Crippen molar-refractivity contribution in [2.45, 2.75) is 6.54 Å². The molecule has 34 heavy (non-hydrogen) atoms. The molecule has 2 aromatic heterocycles. The van der Waals surface area contributed by atoms with E-state index in [1.165, 1.54) is 10.7 Å². The van der Waals surface area contributed by atoms with Crippen molar-refractivity contribution in [3.8, 4) is 34.5 Å². The first kappa shape index (κ1) is 22.4. The Hall–Kier alpha value is -4.84. The Kier molecular flexibility index (Phi) is 7.00. The third-order valence-corrected chi connectivity index (χ3v) is 4.90. The van der Waals surface area contributed by atoms with Crippen LogP contribution < -0.4 is 15.6 Å². The molecule has 0 atom stereocenters. The molecule has 1 amide bonds. The summed E-state index contributed by atoms with van der Waals surface area (Å²) in [5.74, 6) is 1.02. The number of benzene rings is 2. The molecule has 0 unspecified atom stereocenters. The zero-order valence-corrected chi connectivity index (χ0v) is 18.1. The Morgan fingerprint density at radius 1 is 1.03 bits per heavy atom. The van der Waals surface area contributed by atoms with Crippen molar-refractivity contribution < 1.29 is 9.53 Å². The smallest absolute Gasteiger partial charge is 0.267 e. The van der Waals surface area contributed by atoms with Crippen LogP contribution >= 0.6 is 0 Å². The zero-order valence-electron chi connectivity index (χ0n) is 18.1. The number of carbonyl (C=O) groups is 1. The molecule has 2 aromatic carbocycles. The van der Waals surface area contributed by atoms with Gasteiger partial charge in [-0.15, -0.1) is 0 Å². The van der Waals surface area contributed by atoms with Crippen LogP contribution in [-0.4, -0.2) is 39.3 Å². The van der Waals surface area contributed by atoms with E-state index in [4.69, 9.17) is 10.00 Å². The summed E-state index contributed by atoms with van der Waals surface area (Å²) in [7, 11) is 0. The molecule has 0 aliphatic heterocycles. The van der Waals surface area contributed by atoms with E-state index in [1.54, 1.807) is 36.7 Å². The lowest BCUT2D eigenvalue weighted by atomic mass is 10.1. The van der Waals surface area contributed by atoms with E-state index in [9.17, 15) is 9.59 Å². The Labute approximate surface area is 195 Å². The van der Waals surface area contributed by atoms with Crippen LogP contribution in [0.3, 0.4) is 0 Å². The Morgan fingerprint density at radius 2 is 1.82 bits per heavy atom. The molecule has 0 saturated heterocycles. The zero-order chi connectivity index (χ0) is 23.8. The summed E-state index contributed by atoms with van der Waals surface area (Å²) < 4.78 is 6.85. The monoisotopic (exact) mass is 452 g/mol. The summed E-state index contributed by atoms with van der Waals surface area (Å²) in [6.45, 7) is 0.980. The molecule has 4 aromatic rings. The minimum absolute atomic E-state index is 0.229. The van der Waals surface area contributed by atoms with E-state index in [1.807, 2.05) is 30.3 Å². The van der Waals surface area contributed by atoms with Gasteiger partial charge in [-0.05, 0) is 29.8 Å². The summed E-state index contributed by atoms with van der Waals surface area (Å²) in [4.78, 5) is 31.4. The van der Waals surface area contributed by atoms with E-state index in [-0.39, 0.29) is 12.1 Å². The first-order valence-corrected chi connectivity index (χ1v) is 10.5. The van der Waals surface area contributed by atoms with Crippen LogP contribution in [0.5, 0.6) is 5.75 Å². The molecule has 2 heterocycles. The fraction of sp³-hybridized carbons (Fsp3) is 0.120. The molecule has 9 nitrogen and oxygen atoms in total. The molecule has 0 aliphatic rings. The second kappa shape index (κ2) is 10.7. The molecule has 0 aliphatic carbocycles. The van der Waals surface area contributed by atoms with Crippen molar-refractivity contribution >= 4 is 6.41 Å². The second-order valence-corrected chi connectivity index (χ2v) is 7.27. The lowest BCUT2D eigenvalue weighted by molar-refractivity contribution is -0.109. The third-order valence-electron chi connectivity index (χ3n) is 4.90. The largest absolute Gasteiger partial charge is 0.489 e. The van der Waals surface area contributed by atoms with Crippen LogP contribution in [0.1, 0.15) is 11.1 Å². The van der Waals surface area contributed by atoms with Gasteiger partial charge in [-0.25, -0.2) is 14.6 Å². The average Bonchev–Trinajstić information content (AvgIpc) is 2.88. The van der Waals surface area contributed by atoms with Crippen LogP contribution in [0.2, 0.25) is 0 Å². The first-order chi connectivity index (χ1) is 16.7. The number of carbonyl (C=O) groups excluding carboxylic acids is 1. The van der Waals surface area contributed by atoms with Gasteiger partial charge in [0, 0.05) is 17.2 Å².